The molecule has 0 rings (SSSR count). The van der Waals surface area contributed by atoms with E-state index in [9.17, 15) is 9.59 Å². The second kappa shape index (κ2) is 4.68. The number of amides is 2. The molecule has 1 atom stereocenters. The van der Waals surface area contributed by atoms with Crippen LogP contribution in [0.15, 0.2) is 0 Å². The molecule has 6 nitrogen and oxygen atoms in total. The van der Waals surface area contributed by atoms with Crippen molar-refractivity contribution in [3.63, 3.8) is 0 Å². The largest absolute Gasteiger partial charge is 0.370 e. The van der Waals surface area contributed by atoms with Crippen molar-refractivity contribution < 1.29 is 9.59 Å². The first-order valence-corrected chi connectivity index (χ1v) is 3.44. The quantitative estimate of drug-likeness (QED) is 0.411. The average Bonchev–Trinajstić information content (AvgIpc) is 1.83. The van der Waals surface area contributed by atoms with Gasteiger partial charge in [0, 0.05) is 14.1 Å². The molecule has 0 aromatic carbocycles. The Labute approximate surface area is 70.8 Å². The van der Waals surface area contributed by atoms with Crippen molar-refractivity contribution >= 4 is 11.8 Å². The first-order chi connectivity index (χ1) is 5.43. The second-order valence-corrected chi connectivity index (χ2v) is 2.65. The molecule has 0 aliphatic carbocycles. The van der Waals surface area contributed by atoms with Gasteiger partial charge in [0.2, 0.25) is 11.8 Å². The van der Waals surface area contributed by atoms with E-state index in [1.807, 2.05) is 0 Å². The van der Waals surface area contributed by atoms with E-state index in [1.165, 1.54) is 0 Å². The minimum absolute atomic E-state index is 0.0898. The summed E-state index contributed by atoms with van der Waals surface area (Å²) in [4.78, 5) is 21.1. The minimum Gasteiger partial charge on any atom is -0.370 e. The van der Waals surface area contributed by atoms with Gasteiger partial charge in [0.25, 0.3) is 0 Å². The number of primary amides is 2. The SMILES string of the molecule is CN(C)NC(CC(N)=O)C(N)=O. The highest BCUT2D eigenvalue weighted by Crippen LogP contribution is 1.89. The van der Waals surface area contributed by atoms with Gasteiger partial charge in [-0.3, -0.25) is 9.59 Å². The van der Waals surface area contributed by atoms with E-state index in [-0.39, 0.29) is 6.42 Å². The molecule has 0 spiro atoms. The van der Waals surface area contributed by atoms with Gasteiger partial charge in [-0.15, -0.1) is 0 Å². The normalized spacial score (nSPS) is 12.9. The van der Waals surface area contributed by atoms with E-state index >= 15 is 0 Å². The predicted octanol–water partition coefficient (Wildman–Crippen LogP) is -2.22. The van der Waals surface area contributed by atoms with Gasteiger partial charge >= 0.3 is 0 Å². The van der Waals surface area contributed by atoms with Gasteiger partial charge in [-0.1, -0.05) is 0 Å². The van der Waals surface area contributed by atoms with Crippen LogP contribution in [0.3, 0.4) is 0 Å². The van der Waals surface area contributed by atoms with Crippen LogP contribution in [0, 0.1) is 0 Å². The highest BCUT2D eigenvalue weighted by molar-refractivity contribution is 5.86. The van der Waals surface area contributed by atoms with Crippen molar-refractivity contribution in [2.45, 2.75) is 12.5 Å². The number of rotatable bonds is 5. The first kappa shape index (κ1) is 10.9. The molecule has 2 amide bonds. The summed E-state index contributed by atoms with van der Waals surface area (Å²) in [5.41, 5.74) is 12.6. The number of carbonyl (C=O) groups excluding carboxylic acids is 2. The Hall–Kier alpha value is -1.14. The Morgan fingerprint density at radius 2 is 1.92 bits per heavy atom. The third-order valence-electron chi connectivity index (χ3n) is 1.16. The molecule has 6 heteroatoms. The molecule has 0 radical (unpaired) electrons. The maximum Gasteiger partial charge on any atom is 0.236 e. The zero-order valence-corrected chi connectivity index (χ0v) is 7.20. The fraction of sp³-hybridized carbons (Fsp3) is 0.667. The number of nitrogens with zero attached hydrogens (tertiary/aromatic N) is 1. The summed E-state index contributed by atoms with van der Waals surface area (Å²) in [5.74, 6) is -1.16. The van der Waals surface area contributed by atoms with Crippen LogP contribution in [0.1, 0.15) is 6.42 Å². The van der Waals surface area contributed by atoms with Gasteiger partial charge < -0.3 is 11.5 Å². The number of hydrogen-bond acceptors (Lipinski definition) is 4. The third kappa shape index (κ3) is 4.64. The fourth-order valence-electron chi connectivity index (χ4n) is 0.723. The van der Waals surface area contributed by atoms with Crippen molar-refractivity contribution in [1.29, 1.82) is 0 Å². The van der Waals surface area contributed by atoms with Crippen LogP contribution >= 0.6 is 0 Å². The molecule has 12 heavy (non-hydrogen) atoms. The Balaban J connectivity index is 4.04. The summed E-state index contributed by atoms with van der Waals surface area (Å²) in [5, 5.41) is 1.54. The molecule has 0 saturated heterocycles. The molecule has 0 aromatic rings. The van der Waals surface area contributed by atoms with Gasteiger partial charge in [0.1, 0.15) is 6.04 Å². The number of nitrogens with two attached hydrogens (primary N) is 2. The Kier molecular flexibility index (Phi) is 4.24. The summed E-state index contributed by atoms with van der Waals surface area (Å²) in [6, 6.07) is -0.725. The monoisotopic (exact) mass is 174 g/mol. The van der Waals surface area contributed by atoms with Crippen molar-refractivity contribution in [3.05, 3.63) is 0 Å². The van der Waals surface area contributed by atoms with E-state index in [2.05, 4.69) is 5.43 Å². The minimum atomic E-state index is -0.725. The van der Waals surface area contributed by atoms with Gasteiger partial charge in [-0.2, -0.15) is 0 Å². The molecular weight excluding hydrogens is 160 g/mol. The van der Waals surface area contributed by atoms with Crippen LogP contribution in [-0.4, -0.2) is 37.0 Å². The lowest BCUT2D eigenvalue weighted by Crippen LogP contribution is -2.49. The van der Waals surface area contributed by atoms with E-state index in [1.54, 1.807) is 19.1 Å². The van der Waals surface area contributed by atoms with Crippen LogP contribution in [0.2, 0.25) is 0 Å². The molecule has 0 aromatic heterocycles. The summed E-state index contributed by atoms with van der Waals surface area (Å²) in [6.45, 7) is 0. The second-order valence-electron chi connectivity index (χ2n) is 2.65. The lowest BCUT2D eigenvalue weighted by Gasteiger charge is -2.18. The van der Waals surface area contributed by atoms with Gasteiger partial charge in [0.05, 0.1) is 6.42 Å². The number of nitrogens with one attached hydrogen (secondary N) is 1. The first-order valence-electron chi connectivity index (χ1n) is 3.44. The van der Waals surface area contributed by atoms with E-state index < -0.39 is 17.9 Å². The summed E-state index contributed by atoms with van der Waals surface area (Å²) >= 11 is 0. The van der Waals surface area contributed by atoms with Crippen LogP contribution in [-0.2, 0) is 9.59 Å². The van der Waals surface area contributed by atoms with Crippen molar-refractivity contribution in [2.75, 3.05) is 14.1 Å². The summed E-state index contributed by atoms with van der Waals surface area (Å²) in [6.07, 6.45) is -0.0898. The highest BCUT2D eigenvalue weighted by atomic mass is 16.2. The summed E-state index contributed by atoms with van der Waals surface area (Å²) in [7, 11) is 3.38. The maximum atomic E-state index is 10.7. The van der Waals surface area contributed by atoms with Gasteiger partial charge in [-0.25, -0.2) is 10.4 Å². The standard InChI is InChI=1S/C6H14N4O2/c1-10(2)9-4(6(8)12)3-5(7)11/h4,9H,3H2,1-2H3,(H2,7,11)(H2,8,12). The number of hydrogen-bond donors (Lipinski definition) is 3. The van der Waals surface area contributed by atoms with Crippen LogP contribution in [0.25, 0.3) is 0 Å². The zero-order valence-electron chi connectivity index (χ0n) is 7.20. The average molecular weight is 174 g/mol. The fourth-order valence-corrected chi connectivity index (χ4v) is 0.723. The molecule has 0 bridgehead atoms. The van der Waals surface area contributed by atoms with Crippen LogP contribution in [0.5, 0.6) is 0 Å². The topological polar surface area (TPSA) is 101 Å². The third-order valence-corrected chi connectivity index (χ3v) is 1.16. The maximum absolute atomic E-state index is 10.7. The van der Waals surface area contributed by atoms with Gasteiger partial charge in [0.15, 0.2) is 0 Å². The molecule has 0 saturated carbocycles. The molecule has 0 aliphatic rings. The van der Waals surface area contributed by atoms with Crippen LogP contribution in [0.4, 0.5) is 0 Å². The Morgan fingerprint density at radius 1 is 1.42 bits per heavy atom. The molecule has 0 fully saturated rings. The van der Waals surface area contributed by atoms with Crippen molar-refractivity contribution in [1.82, 2.24) is 10.4 Å². The van der Waals surface area contributed by atoms with Crippen molar-refractivity contribution in [3.8, 4) is 0 Å². The molecule has 5 N–H and O–H groups in total. The number of hydrazine groups is 1. The predicted molar refractivity (Wildman–Crippen MR) is 43.6 cm³/mol. The molecule has 1 unspecified atom stereocenters. The smallest absolute Gasteiger partial charge is 0.236 e. The molecule has 0 heterocycles. The van der Waals surface area contributed by atoms with Crippen LogP contribution < -0.4 is 16.9 Å². The molecule has 70 valence electrons. The Bertz CT molecular complexity index is 180. The van der Waals surface area contributed by atoms with E-state index in [4.69, 9.17) is 11.5 Å². The zero-order chi connectivity index (χ0) is 9.72. The number of carbonyl (C=O) groups is 2. The lowest BCUT2D eigenvalue weighted by atomic mass is 10.2. The molecular formula is C6H14N4O2. The van der Waals surface area contributed by atoms with E-state index in [0.717, 1.165) is 0 Å². The Morgan fingerprint density at radius 3 is 2.17 bits per heavy atom. The lowest BCUT2D eigenvalue weighted by molar-refractivity contribution is -0.126. The van der Waals surface area contributed by atoms with E-state index in [0.29, 0.717) is 0 Å². The van der Waals surface area contributed by atoms with Gasteiger partial charge in [-0.05, 0) is 0 Å². The molecule has 0 aliphatic heterocycles. The highest BCUT2D eigenvalue weighted by Gasteiger charge is 2.17. The van der Waals surface area contributed by atoms with Crippen molar-refractivity contribution in [2.24, 2.45) is 11.5 Å². The summed E-state index contributed by atoms with van der Waals surface area (Å²) < 4.78 is 0.